The standard InChI is InChI=1S/C16H10Cl2N2O2/c17-9-5-6-12-13(7-9)19-14(16(22)20-12)8-15(21)10-3-1-2-4-11(10)18/h1-8,21H,(H,20,22)/b15-8-. The van der Waals surface area contributed by atoms with Gasteiger partial charge < -0.3 is 10.1 Å². The molecule has 1 heterocycles. The number of hydrogen-bond donors (Lipinski definition) is 2. The van der Waals surface area contributed by atoms with Crippen molar-refractivity contribution >= 4 is 46.1 Å². The predicted octanol–water partition coefficient (Wildman–Crippen LogP) is 4.29. The highest BCUT2D eigenvalue weighted by Crippen LogP contribution is 2.23. The third-order valence-corrected chi connectivity index (χ3v) is 3.67. The second kappa shape index (κ2) is 5.83. The normalized spacial score (nSPS) is 11.8. The van der Waals surface area contributed by atoms with Gasteiger partial charge in [-0.25, -0.2) is 4.98 Å². The molecule has 0 bridgehead atoms. The summed E-state index contributed by atoms with van der Waals surface area (Å²) in [5.41, 5.74) is 1.20. The number of aromatic nitrogens is 2. The van der Waals surface area contributed by atoms with E-state index >= 15 is 0 Å². The molecule has 3 rings (SSSR count). The first-order chi connectivity index (χ1) is 10.5. The number of nitrogens with zero attached hydrogens (tertiary/aromatic N) is 1. The van der Waals surface area contributed by atoms with E-state index in [0.29, 0.717) is 26.6 Å². The topological polar surface area (TPSA) is 66.0 Å². The smallest absolute Gasteiger partial charge is 0.274 e. The monoisotopic (exact) mass is 332 g/mol. The summed E-state index contributed by atoms with van der Waals surface area (Å²) in [6, 6.07) is 11.8. The van der Waals surface area contributed by atoms with Gasteiger partial charge in [0.05, 0.1) is 16.1 Å². The SMILES string of the molecule is O=c1[nH]c2ccc(Cl)cc2nc1/C=C(\O)c1ccccc1Cl. The fourth-order valence-electron chi connectivity index (χ4n) is 2.04. The van der Waals surface area contributed by atoms with Gasteiger partial charge in [-0.3, -0.25) is 4.79 Å². The van der Waals surface area contributed by atoms with Gasteiger partial charge in [-0.2, -0.15) is 0 Å². The second-order valence-electron chi connectivity index (χ2n) is 4.62. The van der Waals surface area contributed by atoms with Gasteiger partial charge in [0.25, 0.3) is 5.56 Å². The van der Waals surface area contributed by atoms with E-state index < -0.39 is 5.56 Å². The fourth-order valence-corrected chi connectivity index (χ4v) is 2.44. The summed E-state index contributed by atoms with van der Waals surface area (Å²) in [6.45, 7) is 0. The summed E-state index contributed by atoms with van der Waals surface area (Å²) in [4.78, 5) is 18.9. The zero-order valence-corrected chi connectivity index (χ0v) is 12.7. The van der Waals surface area contributed by atoms with Gasteiger partial charge in [-0.1, -0.05) is 35.3 Å². The third-order valence-electron chi connectivity index (χ3n) is 3.10. The van der Waals surface area contributed by atoms with Crippen LogP contribution in [0.1, 0.15) is 11.3 Å². The summed E-state index contributed by atoms with van der Waals surface area (Å²) < 4.78 is 0. The molecule has 2 N–H and O–H groups in total. The van der Waals surface area contributed by atoms with E-state index in [4.69, 9.17) is 23.2 Å². The quantitative estimate of drug-likeness (QED) is 0.688. The molecule has 0 fully saturated rings. The van der Waals surface area contributed by atoms with E-state index in [-0.39, 0.29) is 11.5 Å². The lowest BCUT2D eigenvalue weighted by atomic mass is 10.1. The molecule has 3 aromatic rings. The molecule has 0 atom stereocenters. The van der Waals surface area contributed by atoms with Crippen molar-refractivity contribution in [3.8, 4) is 0 Å². The summed E-state index contributed by atoms with van der Waals surface area (Å²) in [7, 11) is 0. The number of rotatable bonds is 2. The summed E-state index contributed by atoms with van der Waals surface area (Å²) >= 11 is 11.9. The lowest BCUT2D eigenvalue weighted by Crippen LogP contribution is -2.12. The lowest BCUT2D eigenvalue weighted by Gasteiger charge is -2.03. The number of nitrogens with one attached hydrogen (secondary N) is 1. The molecule has 0 aliphatic heterocycles. The number of aliphatic hydroxyl groups excluding tert-OH is 1. The average Bonchev–Trinajstić information content (AvgIpc) is 2.49. The van der Waals surface area contributed by atoms with Gasteiger partial charge in [0.15, 0.2) is 0 Å². The second-order valence-corrected chi connectivity index (χ2v) is 5.47. The number of aromatic amines is 1. The molecule has 0 aliphatic carbocycles. The number of halogens is 2. The van der Waals surface area contributed by atoms with Gasteiger partial charge in [-0.15, -0.1) is 0 Å². The van der Waals surface area contributed by atoms with Gasteiger partial charge in [-0.05, 0) is 30.3 Å². The first-order valence-electron chi connectivity index (χ1n) is 6.40. The molecule has 0 unspecified atom stereocenters. The molecule has 1 aromatic heterocycles. The van der Waals surface area contributed by atoms with E-state index in [2.05, 4.69) is 9.97 Å². The Kier molecular flexibility index (Phi) is 3.88. The Balaban J connectivity index is 2.14. The van der Waals surface area contributed by atoms with Crippen molar-refractivity contribution in [1.82, 2.24) is 9.97 Å². The third kappa shape index (κ3) is 2.84. The molecule has 22 heavy (non-hydrogen) atoms. The van der Waals surface area contributed by atoms with Crippen LogP contribution in [0.4, 0.5) is 0 Å². The van der Waals surface area contributed by atoms with Crippen LogP contribution >= 0.6 is 23.2 Å². The highest BCUT2D eigenvalue weighted by Gasteiger charge is 2.08. The molecule has 0 saturated heterocycles. The van der Waals surface area contributed by atoms with Crippen molar-refractivity contribution in [2.24, 2.45) is 0 Å². The van der Waals surface area contributed by atoms with Crippen LogP contribution in [0, 0.1) is 0 Å². The van der Waals surface area contributed by atoms with E-state index in [1.807, 2.05) is 0 Å². The van der Waals surface area contributed by atoms with Crippen molar-refractivity contribution in [3.05, 3.63) is 74.1 Å². The van der Waals surface area contributed by atoms with Crippen LogP contribution in [-0.2, 0) is 0 Å². The van der Waals surface area contributed by atoms with E-state index in [9.17, 15) is 9.90 Å². The minimum atomic E-state index is -0.409. The number of fused-ring (bicyclic) bond motifs is 1. The molecule has 0 amide bonds. The highest BCUT2D eigenvalue weighted by molar-refractivity contribution is 6.32. The molecule has 0 spiro atoms. The molecule has 4 nitrogen and oxygen atoms in total. The van der Waals surface area contributed by atoms with Crippen molar-refractivity contribution in [2.45, 2.75) is 0 Å². The summed E-state index contributed by atoms with van der Waals surface area (Å²) in [6.07, 6.45) is 1.28. The summed E-state index contributed by atoms with van der Waals surface area (Å²) in [5.74, 6) is -0.134. The number of H-pyrrole nitrogens is 1. The molecule has 0 saturated carbocycles. The molecule has 6 heteroatoms. The predicted molar refractivity (Wildman–Crippen MR) is 89.3 cm³/mol. The van der Waals surface area contributed by atoms with Gasteiger partial charge in [0, 0.05) is 16.7 Å². The Morgan fingerprint density at radius 3 is 2.73 bits per heavy atom. The lowest BCUT2D eigenvalue weighted by molar-refractivity contribution is 0.515. The van der Waals surface area contributed by atoms with Crippen molar-refractivity contribution in [2.75, 3.05) is 0 Å². The fraction of sp³-hybridized carbons (Fsp3) is 0. The Morgan fingerprint density at radius 1 is 1.18 bits per heavy atom. The van der Waals surface area contributed by atoms with Crippen molar-refractivity contribution in [1.29, 1.82) is 0 Å². The molecule has 0 aliphatic rings. The molecule has 110 valence electrons. The van der Waals surface area contributed by atoms with Crippen LogP contribution in [0.2, 0.25) is 10.0 Å². The molecule has 0 radical (unpaired) electrons. The van der Waals surface area contributed by atoms with Crippen molar-refractivity contribution in [3.63, 3.8) is 0 Å². The molecule has 2 aromatic carbocycles. The van der Waals surface area contributed by atoms with Crippen LogP contribution in [0.25, 0.3) is 22.9 Å². The zero-order chi connectivity index (χ0) is 15.7. The minimum absolute atomic E-state index is 0.0761. The first kappa shape index (κ1) is 14.6. The number of benzene rings is 2. The highest BCUT2D eigenvalue weighted by atomic mass is 35.5. The average molecular weight is 333 g/mol. The maximum Gasteiger partial charge on any atom is 0.274 e. The van der Waals surface area contributed by atoms with Crippen LogP contribution < -0.4 is 5.56 Å². The maximum atomic E-state index is 12.0. The Hall–Kier alpha value is -2.30. The zero-order valence-electron chi connectivity index (χ0n) is 11.2. The molecular weight excluding hydrogens is 323 g/mol. The van der Waals surface area contributed by atoms with Crippen LogP contribution in [0.15, 0.2) is 47.3 Å². The van der Waals surface area contributed by atoms with Crippen LogP contribution in [0.5, 0.6) is 0 Å². The van der Waals surface area contributed by atoms with E-state index in [0.717, 1.165) is 0 Å². The van der Waals surface area contributed by atoms with Crippen molar-refractivity contribution < 1.29 is 5.11 Å². The first-order valence-corrected chi connectivity index (χ1v) is 7.15. The van der Waals surface area contributed by atoms with Crippen LogP contribution in [-0.4, -0.2) is 15.1 Å². The number of hydrogen-bond acceptors (Lipinski definition) is 3. The van der Waals surface area contributed by atoms with E-state index in [1.54, 1.807) is 42.5 Å². The minimum Gasteiger partial charge on any atom is -0.507 e. The molecular formula is C16H10Cl2N2O2. The van der Waals surface area contributed by atoms with Crippen LogP contribution in [0.3, 0.4) is 0 Å². The maximum absolute atomic E-state index is 12.0. The van der Waals surface area contributed by atoms with Gasteiger partial charge in [0.2, 0.25) is 0 Å². The van der Waals surface area contributed by atoms with Gasteiger partial charge >= 0.3 is 0 Å². The Morgan fingerprint density at radius 2 is 1.95 bits per heavy atom. The van der Waals surface area contributed by atoms with E-state index in [1.165, 1.54) is 6.08 Å². The Bertz CT molecular complexity index is 948. The number of aliphatic hydroxyl groups is 1. The Labute approximate surface area is 135 Å². The van der Waals surface area contributed by atoms with Gasteiger partial charge in [0.1, 0.15) is 11.5 Å². The largest absolute Gasteiger partial charge is 0.507 e. The summed E-state index contributed by atoms with van der Waals surface area (Å²) in [5, 5.41) is 11.1.